The smallest absolute Gasteiger partial charge is 0.550 e. The van der Waals surface area contributed by atoms with E-state index in [2.05, 4.69) is 0 Å². The number of aromatic nitrogens is 2. The fourth-order valence-corrected chi connectivity index (χ4v) is 5.98. The van der Waals surface area contributed by atoms with E-state index in [1.54, 1.807) is 34.9 Å². The normalized spacial score (nSPS) is 12.9. The van der Waals surface area contributed by atoms with Gasteiger partial charge in [-0.15, -0.1) is 0 Å². The van der Waals surface area contributed by atoms with Crippen molar-refractivity contribution >= 4 is 27.8 Å². The third-order valence-corrected chi connectivity index (χ3v) is 7.82. The molecule has 0 aliphatic heterocycles. The van der Waals surface area contributed by atoms with Gasteiger partial charge in [-0.1, -0.05) is 48.5 Å². The summed E-state index contributed by atoms with van der Waals surface area (Å²) < 4.78 is 32.3. The van der Waals surface area contributed by atoms with Gasteiger partial charge in [-0.3, -0.25) is 4.79 Å². The second kappa shape index (κ2) is 14.2. The quantitative estimate of drug-likeness (QED) is 0.222. The van der Waals surface area contributed by atoms with E-state index in [1.165, 1.54) is 18.2 Å². The van der Waals surface area contributed by atoms with Gasteiger partial charge in [0, 0.05) is 46.0 Å². The van der Waals surface area contributed by atoms with E-state index in [0.29, 0.717) is 27.5 Å². The number of aliphatic hydroxyl groups excluding tert-OH is 2. The largest absolute Gasteiger partial charge is 1.00 e. The number of aliphatic hydroxyl groups is 2. The van der Waals surface area contributed by atoms with Crippen molar-refractivity contribution in [2.45, 2.75) is 64.3 Å². The SMILES string of the molecule is CC(C)n1c(CCC(O)CC(O)CC(=O)[O-])c(-c2ccc(F)cc2)c2c3ccccc3n(Cc3ccccc3F)c(=O)c21.[Na+]. The molecule has 2 heterocycles. The van der Waals surface area contributed by atoms with Crippen molar-refractivity contribution in [2.75, 3.05) is 0 Å². The number of hydrogen-bond acceptors (Lipinski definition) is 5. The average molecular weight is 611 g/mol. The molecule has 0 radical (unpaired) electrons. The van der Waals surface area contributed by atoms with Gasteiger partial charge >= 0.3 is 29.6 Å². The van der Waals surface area contributed by atoms with Crippen LogP contribution in [0.4, 0.5) is 8.78 Å². The van der Waals surface area contributed by atoms with Crippen LogP contribution in [0.5, 0.6) is 0 Å². The number of hydrogen-bond donors (Lipinski definition) is 2. The maximum atomic E-state index is 14.8. The first-order valence-electron chi connectivity index (χ1n) is 14.3. The number of carbonyl (C=O) groups excluding carboxylic acids is 1. The van der Waals surface area contributed by atoms with E-state index < -0.39 is 36.2 Å². The second-order valence-electron chi connectivity index (χ2n) is 11.2. The molecule has 0 bridgehead atoms. The van der Waals surface area contributed by atoms with Gasteiger partial charge in [-0.05, 0) is 62.9 Å². The van der Waals surface area contributed by atoms with Gasteiger partial charge in [0.2, 0.25) is 0 Å². The minimum atomic E-state index is -1.41. The van der Waals surface area contributed by atoms with E-state index in [-0.39, 0.29) is 67.0 Å². The zero-order valence-electron chi connectivity index (χ0n) is 25.0. The summed E-state index contributed by atoms with van der Waals surface area (Å²) in [6.07, 6.45) is -2.58. The molecular formula is C34H33F2N2NaO5. The van der Waals surface area contributed by atoms with Crippen LogP contribution in [-0.4, -0.2) is 37.5 Å². The maximum absolute atomic E-state index is 14.8. The molecule has 224 valence electrons. The number of aliphatic carboxylic acids is 1. The minimum absolute atomic E-state index is 0. The molecule has 2 N–H and O–H groups in total. The average Bonchev–Trinajstić information content (AvgIpc) is 3.31. The number of carbonyl (C=O) groups is 1. The zero-order valence-corrected chi connectivity index (χ0v) is 27.0. The molecule has 5 aromatic rings. The first kappa shape index (κ1) is 33.6. The Kier molecular flexibility index (Phi) is 10.8. The number of halogens is 2. The molecule has 0 aliphatic carbocycles. The number of rotatable bonds is 11. The molecule has 10 heteroatoms. The molecule has 44 heavy (non-hydrogen) atoms. The van der Waals surface area contributed by atoms with Crippen LogP contribution in [0.1, 0.15) is 50.4 Å². The third kappa shape index (κ3) is 6.82. The molecule has 0 amide bonds. The molecule has 3 aromatic carbocycles. The van der Waals surface area contributed by atoms with Crippen LogP contribution in [0, 0.1) is 11.6 Å². The Labute approximate surface area is 275 Å². The first-order chi connectivity index (χ1) is 20.6. The Morgan fingerprint density at radius 2 is 1.59 bits per heavy atom. The second-order valence-corrected chi connectivity index (χ2v) is 11.2. The van der Waals surface area contributed by atoms with E-state index in [0.717, 1.165) is 16.6 Å². The van der Waals surface area contributed by atoms with Gasteiger partial charge in [0.05, 0.1) is 24.3 Å². The van der Waals surface area contributed by atoms with Crippen LogP contribution in [-0.2, 0) is 17.8 Å². The van der Waals surface area contributed by atoms with Gasteiger partial charge in [0.1, 0.15) is 17.2 Å². The summed E-state index contributed by atoms with van der Waals surface area (Å²) in [5, 5.41) is 33.1. The van der Waals surface area contributed by atoms with Crippen molar-refractivity contribution in [3.8, 4) is 11.1 Å². The Hall–Kier alpha value is -3.34. The number of para-hydroxylation sites is 1. The van der Waals surface area contributed by atoms with Crippen molar-refractivity contribution in [2.24, 2.45) is 0 Å². The fourth-order valence-electron chi connectivity index (χ4n) is 5.98. The van der Waals surface area contributed by atoms with Crippen LogP contribution in [0.3, 0.4) is 0 Å². The molecule has 2 aromatic heterocycles. The van der Waals surface area contributed by atoms with Crippen molar-refractivity contribution < 1.29 is 58.5 Å². The summed E-state index contributed by atoms with van der Waals surface area (Å²) in [7, 11) is 0. The standard InChI is InChI=1S/C34H34F2N2O5.Na/c1-20(2)38-29(16-15-24(39)17-25(40)18-30(41)42)31(21-11-13-23(35)14-12-21)32-26-8-4-6-10-28(26)37(34(43)33(32)38)19-22-7-3-5-9-27(22)36;/h3-14,20,24-25,39-40H,15-19H2,1-2H3,(H,41,42);/q;+1/p-1. The predicted molar refractivity (Wildman–Crippen MR) is 160 cm³/mol. The molecule has 2 atom stereocenters. The summed E-state index contributed by atoms with van der Waals surface area (Å²) in [5.41, 5.74) is 3.21. The number of carboxylic acids is 1. The Balaban J connectivity index is 0.00000442. The van der Waals surface area contributed by atoms with Crippen molar-refractivity contribution in [1.29, 1.82) is 0 Å². The third-order valence-electron chi connectivity index (χ3n) is 7.82. The van der Waals surface area contributed by atoms with Crippen LogP contribution in [0.2, 0.25) is 0 Å². The van der Waals surface area contributed by atoms with E-state index in [4.69, 9.17) is 0 Å². The van der Waals surface area contributed by atoms with Crippen LogP contribution in [0.15, 0.2) is 77.6 Å². The molecule has 2 unspecified atom stereocenters. The van der Waals surface area contributed by atoms with E-state index in [9.17, 15) is 33.7 Å². The number of carboxylic acid groups (broad SMARTS) is 1. The van der Waals surface area contributed by atoms with E-state index >= 15 is 0 Å². The van der Waals surface area contributed by atoms with Crippen molar-refractivity contribution in [3.63, 3.8) is 0 Å². The first-order valence-corrected chi connectivity index (χ1v) is 14.3. The zero-order chi connectivity index (χ0) is 30.8. The summed E-state index contributed by atoms with van der Waals surface area (Å²) >= 11 is 0. The predicted octanol–water partition coefficient (Wildman–Crippen LogP) is 1.72. The number of fused-ring (bicyclic) bond motifs is 3. The molecule has 0 fully saturated rings. The van der Waals surface area contributed by atoms with Gasteiger partial charge in [-0.2, -0.15) is 0 Å². The van der Waals surface area contributed by atoms with Gasteiger partial charge in [0.15, 0.2) is 0 Å². The summed E-state index contributed by atoms with van der Waals surface area (Å²) in [5.74, 6) is -2.23. The van der Waals surface area contributed by atoms with Gasteiger partial charge < -0.3 is 29.2 Å². The molecule has 0 spiro atoms. The maximum Gasteiger partial charge on any atom is 1.00 e. The topological polar surface area (TPSA) is 108 Å². The Morgan fingerprint density at radius 1 is 0.932 bits per heavy atom. The fraction of sp³-hybridized carbons (Fsp3) is 0.294. The molecule has 0 aliphatic rings. The molecule has 0 saturated heterocycles. The van der Waals surface area contributed by atoms with Crippen molar-refractivity contribution in [3.05, 3.63) is 106 Å². The summed E-state index contributed by atoms with van der Waals surface area (Å²) in [6, 6.07) is 19.5. The summed E-state index contributed by atoms with van der Waals surface area (Å²) in [6.45, 7) is 3.89. The molecular weight excluding hydrogens is 577 g/mol. The van der Waals surface area contributed by atoms with Crippen molar-refractivity contribution in [1.82, 2.24) is 9.13 Å². The molecule has 0 saturated carbocycles. The van der Waals surface area contributed by atoms with Crippen LogP contribution >= 0.6 is 0 Å². The van der Waals surface area contributed by atoms with Gasteiger partial charge in [-0.25, -0.2) is 8.78 Å². The molecule has 5 rings (SSSR count). The number of pyridine rings is 1. The van der Waals surface area contributed by atoms with Crippen LogP contribution in [0.25, 0.3) is 32.9 Å². The number of nitrogens with zero attached hydrogens (tertiary/aromatic N) is 2. The minimum Gasteiger partial charge on any atom is -0.550 e. The van der Waals surface area contributed by atoms with Gasteiger partial charge in [0.25, 0.3) is 5.56 Å². The summed E-state index contributed by atoms with van der Waals surface area (Å²) in [4.78, 5) is 25.3. The Morgan fingerprint density at radius 3 is 2.25 bits per heavy atom. The monoisotopic (exact) mass is 610 g/mol. The molecule has 7 nitrogen and oxygen atoms in total. The number of benzene rings is 3. The van der Waals surface area contributed by atoms with Crippen LogP contribution < -0.4 is 40.2 Å². The van der Waals surface area contributed by atoms with E-state index in [1.807, 2.05) is 42.7 Å². The Bertz CT molecular complexity index is 1850.